The van der Waals surface area contributed by atoms with E-state index in [1.807, 2.05) is 36.1 Å². The number of aromatic amines is 1. The molecule has 1 aliphatic rings. The van der Waals surface area contributed by atoms with E-state index in [4.69, 9.17) is 10.1 Å². The van der Waals surface area contributed by atoms with E-state index in [-0.39, 0.29) is 22.8 Å². The second kappa shape index (κ2) is 14.1. The molecule has 1 aliphatic heterocycles. The number of likely N-dealkylation sites (tertiary alicyclic amines) is 1. The summed E-state index contributed by atoms with van der Waals surface area (Å²) in [6, 6.07) is 8.77. The lowest BCUT2D eigenvalue weighted by molar-refractivity contribution is -0.169. The molecule has 4 N–H and O–H groups in total. The first-order valence-corrected chi connectivity index (χ1v) is 13.1. The minimum atomic E-state index is -4.86. The molecule has 3 rings (SSSR count). The molecule has 3 amide bonds. The third-order valence-electron chi connectivity index (χ3n) is 6.67. The van der Waals surface area contributed by atoms with Crippen LogP contribution in [0.3, 0.4) is 0 Å². The van der Waals surface area contributed by atoms with Gasteiger partial charge < -0.3 is 20.9 Å². The molecular weight excluding hydrogens is 539 g/mol. The lowest BCUT2D eigenvalue weighted by Gasteiger charge is -2.24. The van der Waals surface area contributed by atoms with Gasteiger partial charge in [0.2, 0.25) is 12.3 Å². The Bertz CT molecular complexity index is 1320. The SMILES string of the molecule is CC1CN(C(=O)CC(C)(C)C)CC1(C)C.Cc1ccc2cc(CC(C#N)NC=O)c(=O)[nH]c2c1.NC(=O)C(F)(F)F. The summed E-state index contributed by atoms with van der Waals surface area (Å²) in [5.41, 5.74) is 6.28. The molecular formula is C29H40F3N5O4. The maximum atomic E-state index is 12.0. The smallest absolute Gasteiger partial charge is 0.362 e. The van der Waals surface area contributed by atoms with Crippen molar-refractivity contribution in [1.82, 2.24) is 15.2 Å². The van der Waals surface area contributed by atoms with Gasteiger partial charge in [-0.05, 0) is 46.8 Å². The number of fused-ring (bicyclic) bond motifs is 1. The standard InChI is InChI=1S/C14H13N3O2.C13H25NO.C2H2F3NO/c1-9-2-3-10-5-11(6-12(7-15)16-8-18)14(19)17-13(10)4-9;1-10-8-14(9-13(10,5)6)11(15)7-12(2,3)4;3-2(4,5)1(6)7/h2-5,8,12H,6H2,1H3,(H,16,18)(H,17,19);10H,7-9H2,1-6H3;(H2,6,7). The van der Waals surface area contributed by atoms with Gasteiger partial charge in [0.1, 0.15) is 6.04 Å². The van der Waals surface area contributed by atoms with E-state index >= 15 is 0 Å². The summed E-state index contributed by atoms with van der Waals surface area (Å²) in [6.45, 7) is 16.9. The van der Waals surface area contributed by atoms with Gasteiger partial charge in [0, 0.05) is 37.0 Å². The molecule has 1 aromatic heterocycles. The van der Waals surface area contributed by atoms with Crippen molar-refractivity contribution in [2.24, 2.45) is 22.5 Å². The quantitative estimate of drug-likeness (QED) is 0.458. The number of amides is 3. The van der Waals surface area contributed by atoms with Crippen LogP contribution in [0, 0.1) is 35.0 Å². The normalized spacial score (nSPS) is 16.8. The van der Waals surface area contributed by atoms with E-state index in [1.165, 1.54) is 0 Å². The summed E-state index contributed by atoms with van der Waals surface area (Å²) in [4.78, 5) is 48.2. The zero-order valence-corrected chi connectivity index (χ0v) is 24.6. The van der Waals surface area contributed by atoms with Crippen LogP contribution < -0.4 is 16.6 Å². The fourth-order valence-electron chi connectivity index (χ4n) is 4.00. The van der Waals surface area contributed by atoms with Gasteiger partial charge in [-0.3, -0.25) is 19.2 Å². The Hall–Kier alpha value is -3.88. The molecule has 0 spiro atoms. The molecule has 12 heteroatoms. The number of H-pyrrole nitrogens is 1. The van der Waals surface area contributed by atoms with E-state index in [0.29, 0.717) is 30.2 Å². The highest BCUT2D eigenvalue weighted by Gasteiger charge is 2.39. The third kappa shape index (κ3) is 11.6. The Balaban J connectivity index is 0.000000341. The molecule has 0 radical (unpaired) electrons. The van der Waals surface area contributed by atoms with E-state index in [0.717, 1.165) is 29.6 Å². The van der Waals surface area contributed by atoms with Crippen molar-refractivity contribution in [3.63, 3.8) is 0 Å². The minimum Gasteiger partial charge on any atom is -0.362 e. The Morgan fingerprint density at radius 2 is 1.85 bits per heavy atom. The number of nitrogens with one attached hydrogen (secondary N) is 2. The number of aromatic nitrogens is 1. The maximum Gasteiger partial charge on any atom is 0.470 e. The number of halogens is 3. The zero-order valence-electron chi connectivity index (χ0n) is 24.6. The number of alkyl halides is 3. The van der Waals surface area contributed by atoms with Crippen molar-refractivity contribution < 1.29 is 27.6 Å². The molecule has 41 heavy (non-hydrogen) atoms. The number of aryl methyl sites for hydroxylation is 1. The number of primary amides is 1. The number of nitrogens with zero attached hydrogens (tertiary/aromatic N) is 2. The molecule has 1 fully saturated rings. The fourth-order valence-corrected chi connectivity index (χ4v) is 4.00. The summed E-state index contributed by atoms with van der Waals surface area (Å²) < 4.78 is 32.1. The molecule has 0 aliphatic carbocycles. The maximum absolute atomic E-state index is 12.0. The molecule has 9 nitrogen and oxygen atoms in total. The van der Waals surface area contributed by atoms with Gasteiger partial charge >= 0.3 is 12.1 Å². The van der Waals surface area contributed by atoms with Crippen molar-refractivity contribution in [1.29, 1.82) is 5.26 Å². The van der Waals surface area contributed by atoms with Crippen molar-refractivity contribution in [2.45, 2.75) is 73.5 Å². The first-order valence-electron chi connectivity index (χ1n) is 13.1. The predicted octanol–water partition coefficient (Wildman–Crippen LogP) is 3.98. The molecule has 2 unspecified atom stereocenters. The summed E-state index contributed by atoms with van der Waals surface area (Å²) in [6.07, 6.45) is -3.54. The van der Waals surface area contributed by atoms with Crippen LogP contribution in [0.1, 0.15) is 59.1 Å². The van der Waals surface area contributed by atoms with Crippen LogP contribution in [0.5, 0.6) is 0 Å². The summed E-state index contributed by atoms with van der Waals surface area (Å²) in [5.74, 6) is -1.33. The summed E-state index contributed by atoms with van der Waals surface area (Å²) >= 11 is 0. The predicted molar refractivity (Wildman–Crippen MR) is 150 cm³/mol. The van der Waals surface area contributed by atoms with Gasteiger partial charge in [0.15, 0.2) is 0 Å². The fraction of sp³-hybridized carbons (Fsp3) is 0.552. The average Bonchev–Trinajstić information content (AvgIpc) is 3.10. The lowest BCUT2D eigenvalue weighted by Crippen LogP contribution is -2.32. The molecule has 1 aromatic carbocycles. The van der Waals surface area contributed by atoms with Crippen LogP contribution in [0.15, 0.2) is 29.1 Å². The highest BCUT2D eigenvalue weighted by Crippen LogP contribution is 2.35. The second-order valence-corrected chi connectivity index (χ2v) is 12.1. The third-order valence-corrected chi connectivity index (χ3v) is 6.67. The Morgan fingerprint density at radius 3 is 2.29 bits per heavy atom. The first kappa shape index (κ1) is 35.1. The molecule has 226 valence electrons. The van der Waals surface area contributed by atoms with Crippen LogP contribution >= 0.6 is 0 Å². The largest absolute Gasteiger partial charge is 0.470 e. The van der Waals surface area contributed by atoms with Gasteiger partial charge in [-0.1, -0.05) is 53.7 Å². The molecule has 1 saturated heterocycles. The van der Waals surface area contributed by atoms with Crippen LogP contribution in [0.4, 0.5) is 13.2 Å². The first-order chi connectivity index (χ1) is 18.7. The van der Waals surface area contributed by atoms with Crippen LogP contribution in [-0.2, 0) is 20.8 Å². The minimum absolute atomic E-state index is 0.104. The Labute approximate surface area is 238 Å². The van der Waals surface area contributed by atoms with Crippen LogP contribution in [0.2, 0.25) is 0 Å². The second-order valence-electron chi connectivity index (χ2n) is 12.1. The molecule has 2 aromatic rings. The van der Waals surface area contributed by atoms with Gasteiger partial charge in [0.25, 0.3) is 5.56 Å². The monoisotopic (exact) mass is 579 g/mol. The number of rotatable bonds is 5. The van der Waals surface area contributed by atoms with Crippen molar-refractivity contribution in [3.8, 4) is 6.07 Å². The van der Waals surface area contributed by atoms with Crippen LogP contribution in [-0.4, -0.2) is 53.4 Å². The lowest BCUT2D eigenvalue weighted by atomic mass is 9.84. The van der Waals surface area contributed by atoms with Gasteiger partial charge in [-0.2, -0.15) is 18.4 Å². The Morgan fingerprint density at radius 1 is 1.27 bits per heavy atom. The van der Waals surface area contributed by atoms with Crippen molar-refractivity contribution in [3.05, 3.63) is 45.7 Å². The van der Waals surface area contributed by atoms with E-state index in [9.17, 15) is 27.6 Å². The zero-order chi connectivity index (χ0) is 31.8. The van der Waals surface area contributed by atoms with Crippen LogP contribution in [0.25, 0.3) is 10.9 Å². The number of hydrogen-bond donors (Lipinski definition) is 3. The van der Waals surface area contributed by atoms with Gasteiger partial charge in [-0.25, -0.2) is 0 Å². The van der Waals surface area contributed by atoms with E-state index in [1.54, 1.807) is 6.07 Å². The van der Waals surface area contributed by atoms with Gasteiger partial charge in [-0.15, -0.1) is 0 Å². The van der Waals surface area contributed by atoms with E-state index in [2.05, 4.69) is 57.6 Å². The van der Waals surface area contributed by atoms with Crippen molar-refractivity contribution in [2.75, 3.05) is 13.1 Å². The average molecular weight is 580 g/mol. The number of carbonyl (C=O) groups is 3. The topological polar surface area (TPSA) is 149 Å². The number of hydrogen-bond acceptors (Lipinski definition) is 5. The molecule has 0 bridgehead atoms. The number of carbonyl (C=O) groups excluding carboxylic acids is 3. The number of benzene rings is 1. The Kier molecular flexibility index (Phi) is 12.1. The molecule has 0 saturated carbocycles. The number of nitrogens with two attached hydrogens (primary N) is 1. The summed E-state index contributed by atoms with van der Waals surface area (Å²) in [5, 5.41) is 12.2. The van der Waals surface area contributed by atoms with E-state index < -0.39 is 18.1 Å². The number of nitriles is 1. The highest BCUT2D eigenvalue weighted by atomic mass is 19.4. The summed E-state index contributed by atoms with van der Waals surface area (Å²) in [7, 11) is 0. The molecule has 2 atom stereocenters. The van der Waals surface area contributed by atoms with Gasteiger partial charge in [0.05, 0.1) is 6.07 Å². The molecule has 2 heterocycles. The number of pyridine rings is 1. The highest BCUT2D eigenvalue weighted by molar-refractivity contribution is 5.80. The van der Waals surface area contributed by atoms with Crippen molar-refractivity contribution >= 4 is 29.1 Å².